The van der Waals surface area contributed by atoms with Gasteiger partial charge in [-0.3, -0.25) is 4.68 Å². The summed E-state index contributed by atoms with van der Waals surface area (Å²) in [7, 11) is 1.93. The minimum atomic E-state index is 0.947. The Kier molecular flexibility index (Phi) is 3.19. The van der Waals surface area contributed by atoms with Gasteiger partial charge in [-0.15, -0.1) is 0 Å². The van der Waals surface area contributed by atoms with Crippen LogP contribution in [0, 0.1) is 6.92 Å². The summed E-state index contributed by atoms with van der Waals surface area (Å²) in [4.78, 5) is 8.86. The average molecular weight is 257 g/mol. The number of nitrogens with one attached hydrogen (secondary N) is 1. The van der Waals surface area contributed by atoms with Crippen LogP contribution in [0.3, 0.4) is 0 Å². The van der Waals surface area contributed by atoms with E-state index in [1.54, 1.807) is 6.33 Å². The largest absolute Gasteiger partial charge is 0.337 e. The molecule has 0 saturated carbocycles. The molecule has 100 valence electrons. The number of hydrogen-bond donors (Lipinski definition) is 1. The summed E-state index contributed by atoms with van der Waals surface area (Å²) in [5.74, 6) is 0.947. The van der Waals surface area contributed by atoms with Gasteiger partial charge in [0, 0.05) is 24.5 Å². The van der Waals surface area contributed by atoms with E-state index in [2.05, 4.69) is 20.4 Å². The van der Waals surface area contributed by atoms with Gasteiger partial charge in [0.1, 0.15) is 12.1 Å². The summed E-state index contributed by atoms with van der Waals surface area (Å²) in [6.07, 6.45) is 9.52. The predicted octanol–water partition coefficient (Wildman–Crippen LogP) is 2.53. The molecule has 2 aromatic heterocycles. The first-order chi connectivity index (χ1) is 9.24. The maximum atomic E-state index is 4.44. The van der Waals surface area contributed by atoms with Gasteiger partial charge in [0.2, 0.25) is 0 Å². The molecule has 3 rings (SSSR count). The minimum Gasteiger partial charge on any atom is -0.337 e. The standard InChI is InChI=1S/C14H19N5/c1-10-13(8-19(2)18-10)17-14-11-6-4-3-5-7-12(11)15-9-16-14/h8-9H,3-7H2,1-2H3,(H,15,16,17). The van der Waals surface area contributed by atoms with E-state index in [9.17, 15) is 0 Å². The molecule has 0 spiro atoms. The van der Waals surface area contributed by atoms with Crippen LogP contribution in [-0.4, -0.2) is 19.7 Å². The lowest BCUT2D eigenvalue weighted by Crippen LogP contribution is -2.04. The molecule has 0 saturated heterocycles. The fourth-order valence-corrected chi connectivity index (χ4v) is 2.66. The first kappa shape index (κ1) is 12.1. The molecule has 2 heterocycles. The molecule has 5 heteroatoms. The van der Waals surface area contributed by atoms with Crippen molar-refractivity contribution in [2.24, 2.45) is 7.05 Å². The van der Waals surface area contributed by atoms with Crippen LogP contribution in [0.15, 0.2) is 12.5 Å². The highest BCUT2D eigenvalue weighted by atomic mass is 15.3. The Bertz CT molecular complexity index is 588. The van der Waals surface area contributed by atoms with Crippen LogP contribution in [0.1, 0.15) is 36.2 Å². The molecule has 1 N–H and O–H groups in total. The van der Waals surface area contributed by atoms with E-state index in [1.165, 1.54) is 30.5 Å². The molecule has 0 unspecified atom stereocenters. The summed E-state index contributed by atoms with van der Waals surface area (Å²) >= 11 is 0. The fraction of sp³-hybridized carbons (Fsp3) is 0.500. The van der Waals surface area contributed by atoms with Gasteiger partial charge in [-0.25, -0.2) is 9.97 Å². The highest BCUT2D eigenvalue weighted by Crippen LogP contribution is 2.26. The Morgan fingerprint density at radius 3 is 2.79 bits per heavy atom. The zero-order chi connectivity index (χ0) is 13.2. The number of aromatic nitrogens is 4. The third-order valence-electron chi connectivity index (χ3n) is 3.64. The van der Waals surface area contributed by atoms with Crippen molar-refractivity contribution in [2.75, 3.05) is 5.32 Å². The van der Waals surface area contributed by atoms with Gasteiger partial charge in [0.05, 0.1) is 11.4 Å². The monoisotopic (exact) mass is 257 g/mol. The Balaban J connectivity index is 1.95. The molecule has 0 amide bonds. The second kappa shape index (κ2) is 4.99. The molecule has 1 aliphatic rings. The van der Waals surface area contributed by atoms with Gasteiger partial charge >= 0.3 is 0 Å². The van der Waals surface area contributed by atoms with Crippen molar-refractivity contribution in [1.82, 2.24) is 19.7 Å². The quantitative estimate of drug-likeness (QED) is 0.840. The van der Waals surface area contributed by atoms with Gasteiger partial charge in [0.25, 0.3) is 0 Å². The summed E-state index contributed by atoms with van der Waals surface area (Å²) in [6, 6.07) is 0. The number of anilines is 2. The number of fused-ring (bicyclic) bond motifs is 1. The van der Waals surface area contributed by atoms with Crippen molar-refractivity contribution in [3.05, 3.63) is 29.5 Å². The van der Waals surface area contributed by atoms with Crippen LogP contribution in [-0.2, 0) is 19.9 Å². The molecule has 0 atom stereocenters. The molecule has 0 aromatic carbocycles. The van der Waals surface area contributed by atoms with Crippen molar-refractivity contribution in [2.45, 2.75) is 39.0 Å². The number of rotatable bonds is 2. The molecule has 0 radical (unpaired) electrons. The first-order valence-corrected chi connectivity index (χ1v) is 6.84. The Labute approximate surface area is 113 Å². The van der Waals surface area contributed by atoms with E-state index in [4.69, 9.17) is 0 Å². The van der Waals surface area contributed by atoms with Crippen molar-refractivity contribution >= 4 is 11.5 Å². The lowest BCUT2D eigenvalue weighted by atomic mass is 10.1. The van der Waals surface area contributed by atoms with Gasteiger partial charge in [-0.1, -0.05) is 6.42 Å². The molecule has 0 aliphatic heterocycles. The van der Waals surface area contributed by atoms with Crippen LogP contribution >= 0.6 is 0 Å². The Morgan fingerprint density at radius 2 is 2.00 bits per heavy atom. The first-order valence-electron chi connectivity index (χ1n) is 6.84. The average Bonchev–Trinajstić information content (AvgIpc) is 2.61. The molecule has 1 aliphatic carbocycles. The van der Waals surface area contributed by atoms with Gasteiger partial charge < -0.3 is 5.32 Å². The van der Waals surface area contributed by atoms with Crippen LogP contribution < -0.4 is 5.32 Å². The van der Waals surface area contributed by atoms with Crippen LogP contribution in [0.2, 0.25) is 0 Å². The van der Waals surface area contributed by atoms with Crippen molar-refractivity contribution in [3.8, 4) is 0 Å². The lowest BCUT2D eigenvalue weighted by Gasteiger charge is -2.11. The normalized spacial score (nSPS) is 14.8. The van der Waals surface area contributed by atoms with E-state index < -0.39 is 0 Å². The molecule has 0 bridgehead atoms. The van der Waals surface area contributed by atoms with E-state index in [0.29, 0.717) is 0 Å². The number of nitrogens with zero attached hydrogens (tertiary/aromatic N) is 4. The Hall–Kier alpha value is -1.91. The summed E-state index contributed by atoms with van der Waals surface area (Å²) in [6.45, 7) is 2.00. The second-order valence-electron chi connectivity index (χ2n) is 5.14. The molecule has 2 aromatic rings. The highest BCUT2D eigenvalue weighted by molar-refractivity contribution is 5.61. The van der Waals surface area contributed by atoms with Crippen LogP contribution in [0.25, 0.3) is 0 Å². The van der Waals surface area contributed by atoms with Gasteiger partial charge in [-0.2, -0.15) is 5.10 Å². The summed E-state index contributed by atoms with van der Waals surface area (Å²) in [5.41, 5.74) is 4.50. The minimum absolute atomic E-state index is 0.947. The Morgan fingerprint density at radius 1 is 1.16 bits per heavy atom. The van der Waals surface area contributed by atoms with Crippen molar-refractivity contribution in [3.63, 3.8) is 0 Å². The number of hydrogen-bond acceptors (Lipinski definition) is 4. The highest BCUT2D eigenvalue weighted by Gasteiger charge is 2.15. The fourth-order valence-electron chi connectivity index (χ4n) is 2.66. The topological polar surface area (TPSA) is 55.6 Å². The van der Waals surface area contributed by atoms with E-state index in [0.717, 1.165) is 30.0 Å². The molecular formula is C14H19N5. The second-order valence-corrected chi connectivity index (χ2v) is 5.14. The summed E-state index contributed by atoms with van der Waals surface area (Å²) in [5, 5.41) is 7.76. The zero-order valence-corrected chi connectivity index (χ0v) is 11.5. The van der Waals surface area contributed by atoms with E-state index >= 15 is 0 Å². The predicted molar refractivity (Wildman–Crippen MR) is 74.5 cm³/mol. The smallest absolute Gasteiger partial charge is 0.137 e. The number of aryl methyl sites for hydroxylation is 3. The summed E-state index contributed by atoms with van der Waals surface area (Å²) < 4.78 is 1.82. The van der Waals surface area contributed by atoms with E-state index in [1.807, 2.05) is 24.9 Å². The van der Waals surface area contributed by atoms with Crippen molar-refractivity contribution < 1.29 is 0 Å². The molecule has 19 heavy (non-hydrogen) atoms. The van der Waals surface area contributed by atoms with Crippen molar-refractivity contribution in [1.29, 1.82) is 0 Å². The van der Waals surface area contributed by atoms with Gasteiger partial charge in [-0.05, 0) is 32.6 Å². The lowest BCUT2D eigenvalue weighted by molar-refractivity contribution is 0.709. The zero-order valence-electron chi connectivity index (χ0n) is 11.5. The van der Waals surface area contributed by atoms with Gasteiger partial charge in [0.15, 0.2) is 0 Å². The van der Waals surface area contributed by atoms with Crippen LogP contribution in [0.4, 0.5) is 11.5 Å². The molecular weight excluding hydrogens is 238 g/mol. The molecule has 5 nitrogen and oxygen atoms in total. The third-order valence-corrected chi connectivity index (χ3v) is 3.64. The molecule has 0 fully saturated rings. The SMILES string of the molecule is Cc1nn(C)cc1Nc1ncnc2c1CCCCC2. The van der Waals surface area contributed by atoms with E-state index in [-0.39, 0.29) is 0 Å². The van der Waals surface area contributed by atoms with Crippen LogP contribution in [0.5, 0.6) is 0 Å². The maximum absolute atomic E-state index is 4.44. The third kappa shape index (κ3) is 2.45. The maximum Gasteiger partial charge on any atom is 0.137 e.